The highest BCUT2D eigenvalue weighted by Gasteiger charge is 2.27. The summed E-state index contributed by atoms with van der Waals surface area (Å²) in [6, 6.07) is 85.2. The van der Waals surface area contributed by atoms with Gasteiger partial charge in [0.2, 0.25) is 0 Å². The Morgan fingerprint density at radius 1 is 0.344 bits per heavy atom. The van der Waals surface area contributed by atoms with E-state index in [2.05, 4.69) is 245 Å². The van der Waals surface area contributed by atoms with Gasteiger partial charge in [-0.1, -0.05) is 158 Å². The number of anilines is 3. The van der Waals surface area contributed by atoms with Gasteiger partial charge in [0.25, 0.3) is 0 Å². The molecule has 300 valence electrons. The van der Waals surface area contributed by atoms with Crippen molar-refractivity contribution >= 4 is 82.6 Å². The molecular formula is C60H39N3O. The first-order valence-electron chi connectivity index (χ1n) is 21.8. The molecule has 3 heterocycles. The molecule has 10 aromatic carbocycles. The molecule has 13 rings (SSSR count). The van der Waals surface area contributed by atoms with Crippen molar-refractivity contribution in [3.8, 4) is 33.6 Å². The number of furan rings is 1. The van der Waals surface area contributed by atoms with Gasteiger partial charge in [-0.3, -0.25) is 0 Å². The molecule has 13 aromatic rings. The predicted molar refractivity (Wildman–Crippen MR) is 268 cm³/mol. The van der Waals surface area contributed by atoms with E-state index in [9.17, 15) is 0 Å². The molecule has 0 amide bonds. The Bertz CT molecular complexity index is 3880. The summed E-state index contributed by atoms with van der Waals surface area (Å²) in [4.78, 5) is 2.44. The van der Waals surface area contributed by atoms with Crippen LogP contribution in [0.4, 0.5) is 17.1 Å². The summed E-state index contributed by atoms with van der Waals surface area (Å²) >= 11 is 0. The van der Waals surface area contributed by atoms with Crippen molar-refractivity contribution in [2.45, 2.75) is 0 Å². The lowest BCUT2D eigenvalue weighted by Gasteiger charge is -2.27. The zero-order chi connectivity index (χ0) is 42.1. The molecule has 0 aliphatic carbocycles. The molecule has 4 nitrogen and oxygen atoms in total. The van der Waals surface area contributed by atoms with Crippen molar-refractivity contribution < 1.29 is 4.42 Å². The van der Waals surface area contributed by atoms with E-state index >= 15 is 0 Å². The van der Waals surface area contributed by atoms with Crippen molar-refractivity contribution in [2.24, 2.45) is 0 Å². The topological polar surface area (TPSA) is 26.2 Å². The Morgan fingerprint density at radius 2 is 0.922 bits per heavy atom. The average molecular weight is 818 g/mol. The molecule has 0 aliphatic heterocycles. The summed E-state index contributed by atoms with van der Waals surface area (Å²) in [5.74, 6) is 0. The number of fused-ring (bicyclic) bond motifs is 9. The van der Waals surface area contributed by atoms with Gasteiger partial charge in [-0.05, 0) is 95.6 Å². The second-order valence-electron chi connectivity index (χ2n) is 16.5. The van der Waals surface area contributed by atoms with Crippen LogP contribution in [0, 0.1) is 0 Å². The van der Waals surface area contributed by atoms with E-state index < -0.39 is 0 Å². The fourth-order valence-corrected chi connectivity index (χ4v) is 10.1. The van der Waals surface area contributed by atoms with Gasteiger partial charge in [-0.2, -0.15) is 0 Å². The van der Waals surface area contributed by atoms with Crippen LogP contribution in [0.5, 0.6) is 0 Å². The van der Waals surface area contributed by atoms with Crippen LogP contribution in [0.2, 0.25) is 0 Å². The summed E-state index contributed by atoms with van der Waals surface area (Å²) in [5, 5.41) is 6.90. The molecule has 0 saturated carbocycles. The van der Waals surface area contributed by atoms with Crippen LogP contribution in [0.25, 0.3) is 99.2 Å². The minimum Gasteiger partial charge on any atom is -0.454 e. The number of rotatable bonds is 7. The molecule has 3 aromatic heterocycles. The second-order valence-corrected chi connectivity index (χ2v) is 16.5. The van der Waals surface area contributed by atoms with Crippen LogP contribution < -0.4 is 4.90 Å². The highest BCUT2D eigenvalue weighted by Crippen LogP contribution is 2.50. The van der Waals surface area contributed by atoms with E-state index in [1.54, 1.807) is 0 Å². The molecule has 64 heavy (non-hydrogen) atoms. The molecule has 0 atom stereocenters. The van der Waals surface area contributed by atoms with Gasteiger partial charge in [0.1, 0.15) is 5.58 Å². The minimum absolute atomic E-state index is 0.839. The summed E-state index contributed by atoms with van der Waals surface area (Å²) in [7, 11) is 0. The monoisotopic (exact) mass is 817 g/mol. The van der Waals surface area contributed by atoms with Crippen molar-refractivity contribution in [3.05, 3.63) is 237 Å². The second kappa shape index (κ2) is 14.5. The molecule has 0 unspecified atom stereocenters. The van der Waals surface area contributed by atoms with Crippen LogP contribution in [0.3, 0.4) is 0 Å². The normalized spacial score (nSPS) is 11.8. The third-order valence-electron chi connectivity index (χ3n) is 12.9. The lowest BCUT2D eigenvalue weighted by Crippen LogP contribution is -2.11. The first-order valence-corrected chi connectivity index (χ1v) is 21.8. The number of nitrogens with zero attached hydrogens (tertiary/aromatic N) is 3. The largest absolute Gasteiger partial charge is 0.454 e. The molecule has 0 N–H and O–H groups in total. The SMILES string of the molecule is c1ccc(-c2cc(-c3ccccc3)c3c(c2)c2c(N(c4ccc5c6ccccc6n(-c6ccccc6)c5c4)c4cccc5c4oc4ccccc45)cccc2n3-c2ccccc2)cc1. The molecule has 0 saturated heterocycles. The lowest BCUT2D eigenvalue weighted by atomic mass is 9.95. The van der Waals surface area contributed by atoms with Crippen molar-refractivity contribution in [2.75, 3.05) is 4.90 Å². The molecule has 0 spiro atoms. The zero-order valence-electron chi connectivity index (χ0n) is 34.8. The number of hydrogen-bond acceptors (Lipinski definition) is 2. The van der Waals surface area contributed by atoms with Gasteiger partial charge in [-0.25, -0.2) is 0 Å². The molecule has 0 aliphatic rings. The number of para-hydroxylation sites is 5. The average Bonchev–Trinajstić information content (AvgIpc) is 4.03. The Labute approximate surface area is 369 Å². The third-order valence-corrected chi connectivity index (χ3v) is 12.9. The Morgan fingerprint density at radius 3 is 1.69 bits per heavy atom. The molecule has 0 radical (unpaired) electrons. The number of aromatic nitrogens is 2. The minimum atomic E-state index is 0.839. The van der Waals surface area contributed by atoms with Gasteiger partial charge >= 0.3 is 0 Å². The van der Waals surface area contributed by atoms with E-state index in [1.807, 2.05) is 6.07 Å². The van der Waals surface area contributed by atoms with Gasteiger partial charge < -0.3 is 18.5 Å². The van der Waals surface area contributed by atoms with E-state index in [0.717, 1.165) is 88.8 Å². The van der Waals surface area contributed by atoms with Gasteiger partial charge in [0.15, 0.2) is 5.58 Å². The fourth-order valence-electron chi connectivity index (χ4n) is 10.1. The molecule has 0 fully saturated rings. The standard InChI is InChI=1S/C60H39N3O/c1-5-19-40(20-6-1)42-37-50(41-21-7-2-8-22-41)59-51(38-42)58-53(31-18-32-54(58)63(59)44-25-11-4-12-26-44)62(55-33-17-29-49-48-28-14-16-34-57(48)64-60(49)55)45-35-36-47-46-27-13-15-30-52(46)61(56(47)39-45)43-23-9-3-10-24-43/h1-39H. The van der Waals surface area contributed by atoms with E-state index in [4.69, 9.17) is 4.42 Å². The highest BCUT2D eigenvalue weighted by atomic mass is 16.3. The van der Waals surface area contributed by atoms with Crippen LogP contribution >= 0.6 is 0 Å². The summed E-state index contributed by atoms with van der Waals surface area (Å²) in [5.41, 5.74) is 16.2. The van der Waals surface area contributed by atoms with Gasteiger partial charge in [0, 0.05) is 54.9 Å². The van der Waals surface area contributed by atoms with Crippen molar-refractivity contribution in [1.82, 2.24) is 9.13 Å². The number of benzene rings is 10. The maximum absolute atomic E-state index is 6.91. The van der Waals surface area contributed by atoms with Gasteiger partial charge in [0.05, 0.1) is 33.4 Å². The lowest BCUT2D eigenvalue weighted by molar-refractivity contribution is 0.669. The molecule has 0 bridgehead atoms. The Balaban J connectivity index is 1.19. The highest BCUT2D eigenvalue weighted by molar-refractivity contribution is 6.22. The number of hydrogen-bond donors (Lipinski definition) is 0. The Hall–Kier alpha value is -8.60. The predicted octanol–water partition coefficient (Wildman–Crippen LogP) is 16.6. The van der Waals surface area contributed by atoms with E-state index in [-0.39, 0.29) is 0 Å². The van der Waals surface area contributed by atoms with Crippen molar-refractivity contribution in [3.63, 3.8) is 0 Å². The zero-order valence-corrected chi connectivity index (χ0v) is 34.8. The maximum atomic E-state index is 6.91. The van der Waals surface area contributed by atoms with Crippen LogP contribution in [0.15, 0.2) is 241 Å². The van der Waals surface area contributed by atoms with Crippen LogP contribution in [-0.2, 0) is 0 Å². The first kappa shape index (κ1) is 36.1. The Kier molecular flexibility index (Phi) is 8.18. The molecular weight excluding hydrogens is 779 g/mol. The fraction of sp³-hybridized carbons (Fsp3) is 0. The third kappa shape index (κ3) is 5.56. The molecule has 4 heteroatoms. The van der Waals surface area contributed by atoms with Crippen molar-refractivity contribution in [1.29, 1.82) is 0 Å². The van der Waals surface area contributed by atoms with E-state index in [0.29, 0.717) is 0 Å². The summed E-state index contributed by atoms with van der Waals surface area (Å²) < 4.78 is 11.8. The van der Waals surface area contributed by atoms with Crippen LogP contribution in [0.1, 0.15) is 0 Å². The van der Waals surface area contributed by atoms with Gasteiger partial charge in [-0.15, -0.1) is 0 Å². The first-order chi connectivity index (χ1) is 31.8. The van der Waals surface area contributed by atoms with Crippen LogP contribution in [-0.4, -0.2) is 9.13 Å². The maximum Gasteiger partial charge on any atom is 0.159 e. The summed E-state index contributed by atoms with van der Waals surface area (Å²) in [6.07, 6.45) is 0. The quantitative estimate of drug-likeness (QED) is 0.160. The van der Waals surface area contributed by atoms with E-state index in [1.165, 1.54) is 27.4 Å². The summed E-state index contributed by atoms with van der Waals surface area (Å²) in [6.45, 7) is 0. The smallest absolute Gasteiger partial charge is 0.159 e.